The summed E-state index contributed by atoms with van der Waals surface area (Å²) >= 11 is 0. The van der Waals surface area contributed by atoms with Gasteiger partial charge >= 0.3 is 0 Å². The van der Waals surface area contributed by atoms with Crippen molar-refractivity contribution in [3.63, 3.8) is 0 Å². The molecule has 0 bridgehead atoms. The Morgan fingerprint density at radius 3 is 2.33 bits per heavy atom. The first kappa shape index (κ1) is 9.25. The maximum atomic E-state index is 5.79. The molecular formula is C7H16ClN. The lowest BCUT2D eigenvalue weighted by Gasteiger charge is -2.10. The summed E-state index contributed by atoms with van der Waals surface area (Å²) in [6, 6.07) is 0.528. The molecule has 1 saturated carbocycles. The lowest BCUT2D eigenvalue weighted by atomic mass is 10.0. The Hall–Kier alpha value is 0.250. The van der Waals surface area contributed by atoms with Gasteiger partial charge in [-0.3, -0.25) is 0 Å². The highest BCUT2D eigenvalue weighted by Crippen LogP contribution is 2.25. The minimum Gasteiger partial charge on any atom is -0.327 e. The second-order valence-electron chi connectivity index (χ2n) is 2.76. The summed E-state index contributed by atoms with van der Waals surface area (Å²) in [6.45, 7) is 2.23. The summed E-state index contributed by atoms with van der Waals surface area (Å²) in [6.07, 6.45) is 5.27. The molecule has 1 nitrogen and oxygen atoms in total. The van der Waals surface area contributed by atoms with Gasteiger partial charge in [0.1, 0.15) is 0 Å². The molecule has 1 aliphatic carbocycles. The molecule has 0 aromatic carbocycles. The molecule has 2 atom stereocenters. The molecule has 2 N–H and O–H groups in total. The van der Waals surface area contributed by atoms with E-state index in [-0.39, 0.29) is 12.4 Å². The van der Waals surface area contributed by atoms with Gasteiger partial charge in [0.15, 0.2) is 0 Å². The van der Waals surface area contributed by atoms with Crippen LogP contribution in [0.3, 0.4) is 0 Å². The average Bonchev–Trinajstić information content (AvgIpc) is 2.14. The highest BCUT2D eigenvalue weighted by Gasteiger charge is 2.21. The summed E-state index contributed by atoms with van der Waals surface area (Å²) in [7, 11) is 0. The molecule has 0 amide bonds. The first-order valence-corrected chi connectivity index (χ1v) is 3.60. The van der Waals surface area contributed by atoms with Gasteiger partial charge in [0.25, 0.3) is 0 Å². The van der Waals surface area contributed by atoms with E-state index in [4.69, 9.17) is 5.73 Å². The second-order valence-corrected chi connectivity index (χ2v) is 2.76. The molecule has 9 heavy (non-hydrogen) atoms. The van der Waals surface area contributed by atoms with Gasteiger partial charge in [-0.25, -0.2) is 0 Å². The Labute approximate surface area is 63.4 Å². The van der Waals surface area contributed by atoms with Crippen molar-refractivity contribution in [2.24, 2.45) is 11.7 Å². The fourth-order valence-electron chi connectivity index (χ4n) is 1.57. The van der Waals surface area contributed by atoms with E-state index in [1.165, 1.54) is 25.7 Å². The highest BCUT2D eigenvalue weighted by atomic mass is 35.5. The molecule has 1 fully saturated rings. The van der Waals surface area contributed by atoms with Crippen molar-refractivity contribution in [3.05, 3.63) is 0 Å². The van der Waals surface area contributed by atoms with Crippen molar-refractivity contribution in [3.8, 4) is 0 Å². The van der Waals surface area contributed by atoms with E-state index in [9.17, 15) is 0 Å². The van der Waals surface area contributed by atoms with Crippen LogP contribution in [0.4, 0.5) is 0 Å². The first-order valence-electron chi connectivity index (χ1n) is 3.60. The summed E-state index contributed by atoms with van der Waals surface area (Å²) in [5.41, 5.74) is 5.79. The van der Waals surface area contributed by atoms with Crippen LogP contribution in [0.5, 0.6) is 0 Å². The van der Waals surface area contributed by atoms with Gasteiger partial charge in [0.2, 0.25) is 0 Å². The third-order valence-corrected chi connectivity index (χ3v) is 2.24. The maximum Gasteiger partial charge on any atom is 0.00670 e. The van der Waals surface area contributed by atoms with Crippen molar-refractivity contribution in [1.82, 2.24) is 0 Å². The Bertz CT molecular complexity index is 75.3. The molecule has 1 aliphatic rings. The standard InChI is InChI=1S/C7H15N.ClH/c1-2-6-4-3-5-7(6)8;/h6-7H,2-5,8H2,1H3;1H/t6-,7-;/m0./s1. The van der Waals surface area contributed by atoms with E-state index in [0.717, 1.165) is 5.92 Å². The zero-order valence-corrected chi connectivity index (χ0v) is 6.79. The van der Waals surface area contributed by atoms with E-state index < -0.39 is 0 Å². The quantitative estimate of drug-likeness (QED) is 0.606. The Kier molecular flexibility index (Phi) is 4.24. The van der Waals surface area contributed by atoms with Gasteiger partial charge in [0, 0.05) is 6.04 Å². The van der Waals surface area contributed by atoms with Crippen LogP contribution in [0.1, 0.15) is 32.6 Å². The van der Waals surface area contributed by atoms with Crippen molar-refractivity contribution in [1.29, 1.82) is 0 Å². The van der Waals surface area contributed by atoms with E-state index in [2.05, 4.69) is 6.92 Å². The third kappa shape index (κ3) is 2.15. The molecule has 1 rings (SSSR count). The smallest absolute Gasteiger partial charge is 0.00670 e. The molecule has 56 valence electrons. The number of nitrogens with two attached hydrogens (primary N) is 1. The lowest BCUT2D eigenvalue weighted by Crippen LogP contribution is -2.23. The van der Waals surface area contributed by atoms with Crippen LogP contribution >= 0.6 is 12.4 Å². The molecule has 0 radical (unpaired) electrons. The van der Waals surface area contributed by atoms with E-state index in [1.54, 1.807) is 0 Å². The predicted octanol–water partition coefficient (Wildman–Crippen LogP) is 1.95. The van der Waals surface area contributed by atoms with Crippen molar-refractivity contribution in [2.45, 2.75) is 38.6 Å². The first-order chi connectivity index (χ1) is 3.84. The highest BCUT2D eigenvalue weighted by molar-refractivity contribution is 5.85. The fraction of sp³-hybridized carbons (Fsp3) is 1.00. The topological polar surface area (TPSA) is 26.0 Å². The summed E-state index contributed by atoms with van der Waals surface area (Å²) in [5, 5.41) is 0. The van der Waals surface area contributed by atoms with Crippen LogP contribution in [0.2, 0.25) is 0 Å². The van der Waals surface area contributed by atoms with Crippen LogP contribution in [0, 0.1) is 5.92 Å². The van der Waals surface area contributed by atoms with Gasteiger partial charge in [-0.15, -0.1) is 12.4 Å². The fourth-order valence-corrected chi connectivity index (χ4v) is 1.57. The van der Waals surface area contributed by atoms with Crippen molar-refractivity contribution >= 4 is 12.4 Å². The van der Waals surface area contributed by atoms with Gasteiger partial charge in [0.05, 0.1) is 0 Å². The molecule has 0 aromatic rings. The Morgan fingerprint density at radius 2 is 2.11 bits per heavy atom. The number of hydrogen-bond donors (Lipinski definition) is 1. The minimum atomic E-state index is 0. The van der Waals surface area contributed by atoms with E-state index >= 15 is 0 Å². The SMILES string of the molecule is CC[C@H]1CCC[C@@H]1N.Cl. The second kappa shape index (κ2) is 4.13. The van der Waals surface area contributed by atoms with Gasteiger partial charge < -0.3 is 5.73 Å². The van der Waals surface area contributed by atoms with E-state index in [1.807, 2.05) is 0 Å². The Balaban J connectivity index is 0.000000640. The zero-order valence-electron chi connectivity index (χ0n) is 5.97. The van der Waals surface area contributed by atoms with Crippen molar-refractivity contribution in [2.75, 3.05) is 0 Å². The predicted molar refractivity (Wildman–Crippen MR) is 42.9 cm³/mol. The molecule has 0 aromatic heterocycles. The largest absolute Gasteiger partial charge is 0.327 e. The molecule has 2 heteroatoms. The van der Waals surface area contributed by atoms with Gasteiger partial charge in [-0.05, 0) is 18.8 Å². The summed E-state index contributed by atoms with van der Waals surface area (Å²) < 4.78 is 0. The van der Waals surface area contributed by atoms with Crippen LogP contribution in [0.15, 0.2) is 0 Å². The van der Waals surface area contributed by atoms with Crippen LogP contribution in [-0.4, -0.2) is 6.04 Å². The zero-order chi connectivity index (χ0) is 5.98. The number of rotatable bonds is 1. The molecule has 0 aliphatic heterocycles. The van der Waals surface area contributed by atoms with Crippen LogP contribution < -0.4 is 5.73 Å². The molecule has 0 heterocycles. The monoisotopic (exact) mass is 149 g/mol. The van der Waals surface area contributed by atoms with Gasteiger partial charge in [-0.1, -0.05) is 19.8 Å². The van der Waals surface area contributed by atoms with Crippen molar-refractivity contribution < 1.29 is 0 Å². The van der Waals surface area contributed by atoms with Crippen LogP contribution in [0.25, 0.3) is 0 Å². The summed E-state index contributed by atoms with van der Waals surface area (Å²) in [5.74, 6) is 0.843. The molecular weight excluding hydrogens is 134 g/mol. The summed E-state index contributed by atoms with van der Waals surface area (Å²) in [4.78, 5) is 0. The van der Waals surface area contributed by atoms with Gasteiger partial charge in [-0.2, -0.15) is 0 Å². The molecule has 0 spiro atoms. The number of halogens is 1. The molecule has 0 saturated heterocycles. The minimum absolute atomic E-state index is 0. The number of hydrogen-bond acceptors (Lipinski definition) is 1. The lowest BCUT2D eigenvalue weighted by molar-refractivity contribution is 0.467. The Morgan fingerprint density at radius 1 is 1.44 bits per heavy atom. The van der Waals surface area contributed by atoms with Crippen LogP contribution in [-0.2, 0) is 0 Å². The average molecular weight is 150 g/mol. The van der Waals surface area contributed by atoms with E-state index in [0.29, 0.717) is 6.04 Å². The molecule has 0 unspecified atom stereocenters. The third-order valence-electron chi connectivity index (χ3n) is 2.24. The maximum absolute atomic E-state index is 5.79. The normalized spacial score (nSPS) is 34.0.